The highest BCUT2D eigenvalue weighted by molar-refractivity contribution is 7.91. The van der Waals surface area contributed by atoms with E-state index in [0.29, 0.717) is 17.9 Å². The second kappa shape index (κ2) is 7.05. The smallest absolute Gasteiger partial charge is 0.224 e. The molecule has 3 rings (SSSR count). The molecule has 6 heteroatoms. The Morgan fingerprint density at radius 1 is 1.04 bits per heavy atom. The van der Waals surface area contributed by atoms with E-state index in [0.717, 1.165) is 5.75 Å². The third-order valence-corrected chi connectivity index (χ3v) is 5.75. The number of carbonyl (C=O) groups excluding carboxylic acids is 1. The van der Waals surface area contributed by atoms with Gasteiger partial charge in [0, 0.05) is 12.1 Å². The standard InChI is InChI=1S/C18H19NO4S/c20-18(12-14-10-11-24(21,22)13-14)19-15-6-8-17(9-7-15)23-16-4-2-1-3-5-16/h1-9,14H,10-13H2,(H,19,20)/t14-/m0/s1. The number of amides is 1. The highest BCUT2D eigenvalue weighted by Crippen LogP contribution is 2.24. The Labute approximate surface area is 141 Å². The SMILES string of the molecule is O=C(C[C@@H]1CCS(=O)(=O)C1)Nc1ccc(Oc2ccccc2)cc1. The second-order valence-electron chi connectivity index (χ2n) is 5.96. The van der Waals surface area contributed by atoms with Gasteiger partial charge in [0.2, 0.25) is 5.91 Å². The monoisotopic (exact) mass is 345 g/mol. The van der Waals surface area contributed by atoms with Crippen LogP contribution in [-0.4, -0.2) is 25.8 Å². The van der Waals surface area contributed by atoms with Gasteiger partial charge in [-0.15, -0.1) is 0 Å². The van der Waals surface area contributed by atoms with Gasteiger partial charge in [-0.2, -0.15) is 0 Å². The van der Waals surface area contributed by atoms with Gasteiger partial charge < -0.3 is 10.1 Å². The maximum absolute atomic E-state index is 12.0. The van der Waals surface area contributed by atoms with E-state index in [1.54, 1.807) is 24.3 Å². The summed E-state index contributed by atoms with van der Waals surface area (Å²) in [6.07, 6.45) is 0.807. The lowest BCUT2D eigenvalue weighted by atomic mass is 10.1. The van der Waals surface area contributed by atoms with Crippen molar-refractivity contribution in [2.75, 3.05) is 16.8 Å². The summed E-state index contributed by atoms with van der Waals surface area (Å²) in [5, 5.41) is 2.80. The molecule has 0 bridgehead atoms. The van der Waals surface area contributed by atoms with Crippen LogP contribution in [-0.2, 0) is 14.6 Å². The lowest BCUT2D eigenvalue weighted by molar-refractivity contribution is -0.116. The Kier molecular flexibility index (Phi) is 4.85. The lowest BCUT2D eigenvalue weighted by Crippen LogP contribution is -2.17. The molecular formula is C18H19NO4S. The van der Waals surface area contributed by atoms with Gasteiger partial charge in [-0.3, -0.25) is 4.79 Å². The number of ether oxygens (including phenoxy) is 1. The summed E-state index contributed by atoms with van der Waals surface area (Å²) in [6.45, 7) is 0. The first-order chi connectivity index (χ1) is 11.5. The largest absolute Gasteiger partial charge is 0.457 e. The van der Waals surface area contributed by atoms with E-state index in [-0.39, 0.29) is 29.8 Å². The molecule has 1 aliphatic heterocycles. The van der Waals surface area contributed by atoms with Crippen LogP contribution in [0.15, 0.2) is 54.6 Å². The van der Waals surface area contributed by atoms with Crippen molar-refractivity contribution in [2.45, 2.75) is 12.8 Å². The normalized spacial score (nSPS) is 18.9. The molecule has 0 aliphatic carbocycles. The highest BCUT2D eigenvalue weighted by Gasteiger charge is 2.29. The van der Waals surface area contributed by atoms with Crippen molar-refractivity contribution in [3.05, 3.63) is 54.6 Å². The summed E-state index contributed by atoms with van der Waals surface area (Å²) in [7, 11) is -2.95. The fourth-order valence-corrected chi connectivity index (χ4v) is 4.60. The number of hydrogen-bond donors (Lipinski definition) is 1. The zero-order valence-corrected chi connectivity index (χ0v) is 14.0. The van der Waals surface area contributed by atoms with Crippen LogP contribution in [0.3, 0.4) is 0 Å². The summed E-state index contributed by atoms with van der Waals surface area (Å²) in [5.74, 6) is 1.50. The minimum absolute atomic E-state index is 0.0734. The third kappa shape index (κ3) is 4.58. The molecule has 1 aliphatic rings. The quantitative estimate of drug-likeness (QED) is 0.903. The Morgan fingerprint density at radius 3 is 2.33 bits per heavy atom. The van der Waals surface area contributed by atoms with Gasteiger partial charge in [0.25, 0.3) is 0 Å². The van der Waals surface area contributed by atoms with E-state index in [9.17, 15) is 13.2 Å². The Bertz CT molecular complexity index is 801. The predicted molar refractivity (Wildman–Crippen MR) is 93.0 cm³/mol. The number of rotatable bonds is 5. The van der Waals surface area contributed by atoms with Gasteiger partial charge in [-0.05, 0) is 48.7 Å². The minimum Gasteiger partial charge on any atom is -0.457 e. The average molecular weight is 345 g/mol. The van der Waals surface area contributed by atoms with Crippen molar-refractivity contribution in [3.63, 3.8) is 0 Å². The van der Waals surface area contributed by atoms with Crippen LogP contribution in [0.25, 0.3) is 0 Å². The molecule has 1 heterocycles. The molecule has 0 aromatic heterocycles. The molecule has 2 aromatic rings. The lowest BCUT2D eigenvalue weighted by Gasteiger charge is -2.10. The van der Waals surface area contributed by atoms with E-state index in [1.807, 2.05) is 30.3 Å². The molecule has 0 spiro atoms. The molecule has 1 amide bonds. The van der Waals surface area contributed by atoms with E-state index >= 15 is 0 Å². The first-order valence-electron chi connectivity index (χ1n) is 7.83. The van der Waals surface area contributed by atoms with Crippen LogP contribution >= 0.6 is 0 Å². The average Bonchev–Trinajstić information content (AvgIpc) is 2.89. The van der Waals surface area contributed by atoms with Crippen LogP contribution in [0, 0.1) is 5.92 Å². The van der Waals surface area contributed by atoms with Crippen LogP contribution in [0.4, 0.5) is 5.69 Å². The maximum atomic E-state index is 12.0. The van der Waals surface area contributed by atoms with Crippen LogP contribution in [0.5, 0.6) is 11.5 Å². The third-order valence-electron chi connectivity index (χ3n) is 3.92. The van der Waals surface area contributed by atoms with Gasteiger partial charge in [0.1, 0.15) is 11.5 Å². The number of hydrogen-bond acceptors (Lipinski definition) is 4. The van der Waals surface area contributed by atoms with E-state index in [1.165, 1.54) is 0 Å². The number of nitrogens with one attached hydrogen (secondary N) is 1. The molecule has 1 atom stereocenters. The fraction of sp³-hybridized carbons (Fsp3) is 0.278. The Balaban J connectivity index is 1.53. The fourth-order valence-electron chi connectivity index (χ4n) is 2.74. The van der Waals surface area contributed by atoms with Crippen LogP contribution < -0.4 is 10.1 Å². The van der Waals surface area contributed by atoms with Crippen molar-refractivity contribution >= 4 is 21.4 Å². The molecular weight excluding hydrogens is 326 g/mol. The summed E-state index contributed by atoms with van der Waals surface area (Å²) in [5.41, 5.74) is 0.668. The predicted octanol–water partition coefficient (Wildman–Crippen LogP) is 3.24. The number of carbonyl (C=O) groups is 1. The van der Waals surface area contributed by atoms with Gasteiger partial charge in [-0.1, -0.05) is 18.2 Å². The molecule has 1 fully saturated rings. The van der Waals surface area contributed by atoms with E-state index in [4.69, 9.17) is 4.74 Å². The van der Waals surface area contributed by atoms with Crippen molar-refractivity contribution in [3.8, 4) is 11.5 Å². The minimum atomic E-state index is -2.95. The zero-order chi connectivity index (χ0) is 17.0. The van der Waals surface area contributed by atoms with Gasteiger partial charge >= 0.3 is 0 Å². The molecule has 1 N–H and O–H groups in total. The van der Waals surface area contributed by atoms with Crippen molar-refractivity contribution < 1.29 is 17.9 Å². The van der Waals surface area contributed by atoms with Crippen LogP contribution in [0.2, 0.25) is 0 Å². The number of benzene rings is 2. The van der Waals surface area contributed by atoms with E-state index < -0.39 is 9.84 Å². The molecule has 24 heavy (non-hydrogen) atoms. The number of sulfone groups is 1. The highest BCUT2D eigenvalue weighted by atomic mass is 32.2. The molecule has 0 saturated carbocycles. The van der Waals surface area contributed by atoms with Gasteiger partial charge in [0.05, 0.1) is 11.5 Å². The number of anilines is 1. The zero-order valence-electron chi connectivity index (χ0n) is 13.1. The summed E-state index contributed by atoms with van der Waals surface area (Å²) < 4.78 is 28.5. The molecule has 0 radical (unpaired) electrons. The molecule has 126 valence electrons. The topological polar surface area (TPSA) is 72.5 Å². The Morgan fingerprint density at radius 2 is 1.71 bits per heavy atom. The van der Waals surface area contributed by atoms with Crippen molar-refractivity contribution in [1.29, 1.82) is 0 Å². The maximum Gasteiger partial charge on any atom is 0.224 e. The molecule has 2 aromatic carbocycles. The summed E-state index contributed by atoms with van der Waals surface area (Å²) in [6, 6.07) is 16.5. The van der Waals surface area contributed by atoms with Crippen molar-refractivity contribution in [2.24, 2.45) is 5.92 Å². The Hall–Kier alpha value is -2.34. The first-order valence-corrected chi connectivity index (χ1v) is 9.65. The number of para-hydroxylation sites is 1. The molecule has 5 nitrogen and oxygen atoms in total. The van der Waals surface area contributed by atoms with E-state index in [2.05, 4.69) is 5.32 Å². The van der Waals surface area contributed by atoms with Gasteiger partial charge in [-0.25, -0.2) is 8.42 Å². The van der Waals surface area contributed by atoms with Gasteiger partial charge in [0.15, 0.2) is 9.84 Å². The summed E-state index contributed by atoms with van der Waals surface area (Å²) in [4.78, 5) is 12.0. The van der Waals surface area contributed by atoms with Crippen molar-refractivity contribution in [1.82, 2.24) is 0 Å². The van der Waals surface area contributed by atoms with Crippen LogP contribution in [0.1, 0.15) is 12.8 Å². The molecule has 0 unspecified atom stereocenters. The first kappa shape index (κ1) is 16.5. The molecule has 1 saturated heterocycles. The second-order valence-corrected chi connectivity index (χ2v) is 8.19. The summed E-state index contributed by atoms with van der Waals surface area (Å²) >= 11 is 0.